The standard InChI is InChI=1S/C17H22N2O/c1-13-17(14-8-4-5-9-15(14)18(13)2)16(20)12-19-10-6-3-7-11-19/h4-5,8-9H,3,6-7,10-12H2,1-2H3/p+1. The fourth-order valence-electron chi connectivity index (χ4n) is 3.42. The van der Waals surface area contributed by atoms with E-state index in [-0.39, 0.29) is 0 Å². The van der Waals surface area contributed by atoms with Gasteiger partial charge >= 0.3 is 0 Å². The predicted molar refractivity (Wildman–Crippen MR) is 81.4 cm³/mol. The number of carbonyl (C=O) groups is 1. The molecule has 106 valence electrons. The molecule has 0 spiro atoms. The second-order valence-corrected chi connectivity index (χ2v) is 5.95. The number of piperidine rings is 1. The zero-order chi connectivity index (χ0) is 14.1. The summed E-state index contributed by atoms with van der Waals surface area (Å²) in [5.41, 5.74) is 3.18. The number of nitrogens with zero attached hydrogens (tertiary/aromatic N) is 1. The highest BCUT2D eigenvalue weighted by molar-refractivity contribution is 6.09. The highest BCUT2D eigenvalue weighted by Gasteiger charge is 2.23. The summed E-state index contributed by atoms with van der Waals surface area (Å²) in [6.07, 6.45) is 3.85. The van der Waals surface area contributed by atoms with Crippen LogP contribution in [0.3, 0.4) is 0 Å². The molecule has 0 unspecified atom stereocenters. The first-order valence-electron chi connectivity index (χ1n) is 7.59. The molecule has 2 aromatic rings. The van der Waals surface area contributed by atoms with Crippen molar-refractivity contribution in [3.05, 3.63) is 35.5 Å². The van der Waals surface area contributed by atoms with Crippen LogP contribution in [0, 0.1) is 6.92 Å². The number of carbonyl (C=O) groups excluding carboxylic acids is 1. The Morgan fingerprint density at radius 1 is 1.20 bits per heavy atom. The molecule has 3 nitrogen and oxygen atoms in total. The topological polar surface area (TPSA) is 26.4 Å². The van der Waals surface area contributed by atoms with E-state index in [0.717, 1.165) is 35.2 Å². The molecule has 1 fully saturated rings. The van der Waals surface area contributed by atoms with Gasteiger partial charge in [-0.15, -0.1) is 0 Å². The number of hydrogen-bond acceptors (Lipinski definition) is 1. The number of likely N-dealkylation sites (tertiary alicyclic amines) is 1. The van der Waals surface area contributed by atoms with Crippen molar-refractivity contribution >= 4 is 16.7 Å². The molecule has 2 heterocycles. The molecule has 0 bridgehead atoms. The van der Waals surface area contributed by atoms with Crippen LogP contribution in [-0.2, 0) is 7.05 Å². The highest BCUT2D eigenvalue weighted by Crippen LogP contribution is 2.24. The Balaban J connectivity index is 1.93. The van der Waals surface area contributed by atoms with Crippen molar-refractivity contribution in [1.29, 1.82) is 0 Å². The van der Waals surface area contributed by atoms with Crippen LogP contribution in [-0.4, -0.2) is 30.0 Å². The maximum atomic E-state index is 12.7. The minimum atomic E-state index is 0.302. The molecule has 0 aliphatic carbocycles. The first-order valence-corrected chi connectivity index (χ1v) is 7.59. The smallest absolute Gasteiger partial charge is 0.219 e. The number of nitrogens with one attached hydrogen (secondary N) is 1. The Morgan fingerprint density at radius 2 is 1.90 bits per heavy atom. The quantitative estimate of drug-likeness (QED) is 0.846. The summed E-state index contributed by atoms with van der Waals surface area (Å²) >= 11 is 0. The normalized spacial score (nSPS) is 16.7. The summed E-state index contributed by atoms with van der Waals surface area (Å²) in [5.74, 6) is 0.302. The van der Waals surface area contributed by atoms with Gasteiger partial charge in [0.15, 0.2) is 0 Å². The van der Waals surface area contributed by atoms with E-state index in [2.05, 4.69) is 23.6 Å². The molecule has 0 saturated carbocycles. The van der Waals surface area contributed by atoms with Crippen molar-refractivity contribution in [2.24, 2.45) is 7.05 Å². The second-order valence-electron chi connectivity index (χ2n) is 5.95. The van der Waals surface area contributed by atoms with Gasteiger partial charge in [-0.1, -0.05) is 18.2 Å². The van der Waals surface area contributed by atoms with Gasteiger partial charge < -0.3 is 9.47 Å². The minimum Gasteiger partial charge on any atom is -0.347 e. The number of benzene rings is 1. The fraction of sp³-hybridized carbons (Fsp3) is 0.471. The number of hydrogen-bond donors (Lipinski definition) is 1. The lowest BCUT2D eigenvalue weighted by molar-refractivity contribution is -0.896. The molecule has 1 saturated heterocycles. The summed E-state index contributed by atoms with van der Waals surface area (Å²) in [4.78, 5) is 14.2. The van der Waals surface area contributed by atoms with Gasteiger partial charge in [0.05, 0.1) is 18.7 Å². The molecule has 3 rings (SSSR count). The number of para-hydroxylation sites is 1. The van der Waals surface area contributed by atoms with Crippen molar-refractivity contribution in [3.8, 4) is 0 Å². The first-order chi connectivity index (χ1) is 9.68. The molecular weight excluding hydrogens is 248 g/mol. The van der Waals surface area contributed by atoms with E-state index < -0.39 is 0 Å². The van der Waals surface area contributed by atoms with Crippen molar-refractivity contribution in [3.63, 3.8) is 0 Å². The van der Waals surface area contributed by atoms with E-state index in [0.29, 0.717) is 12.3 Å². The Morgan fingerprint density at radius 3 is 2.65 bits per heavy atom. The number of Topliss-reactive ketones (excluding diaryl/α,β-unsaturated/α-hetero) is 1. The van der Waals surface area contributed by atoms with Gasteiger partial charge in [0.25, 0.3) is 0 Å². The number of ketones is 1. The summed E-state index contributed by atoms with van der Waals surface area (Å²) in [7, 11) is 2.04. The zero-order valence-electron chi connectivity index (χ0n) is 12.4. The molecule has 1 aromatic carbocycles. The lowest BCUT2D eigenvalue weighted by Crippen LogP contribution is -3.13. The average molecular weight is 271 g/mol. The van der Waals surface area contributed by atoms with E-state index >= 15 is 0 Å². The van der Waals surface area contributed by atoms with Gasteiger partial charge in [-0.25, -0.2) is 0 Å². The van der Waals surface area contributed by atoms with Gasteiger partial charge in [0, 0.05) is 23.6 Å². The summed E-state index contributed by atoms with van der Waals surface area (Å²) < 4.78 is 2.13. The molecule has 20 heavy (non-hydrogen) atoms. The largest absolute Gasteiger partial charge is 0.347 e. The molecule has 1 aromatic heterocycles. The monoisotopic (exact) mass is 271 g/mol. The molecule has 1 N–H and O–H groups in total. The molecule has 1 aliphatic rings. The maximum Gasteiger partial charge on any atom is 0.219 e. The number of fused-ring (bicyclic) bond motifs is 1. The molecule has 0 amide bonds. The third-order valence-corrected chi connectivity index (χ3v) is 4.65. The van der Waals surface area contributed by atoms with Crippen molar-refractivity contribution < 1.29 is 9.69 Å². The zero-order valence-corrected chi connectivity index (χ0v) is 12.4. The number of aryl methyl sites for hydroxylation is 1. The fourth-order valence-corrected chi connectivity index (χ4v) is 3.42. The highest BCUT2D eigenvalue weighted by atomic mass is 16.1. The Kier molecular flexibility index (Phi) is 3.62. The van der Waals surface area contributed by atoms with Gasteiger partial charge in [0.1, 0.15) is 6.54 Å². The maximum absolute atomic E-state index is 12.7. The lowest BCUT2D eigenvalue weighted by atomic mass is 10.0. The molecule has 0 atom stereocenters. The number of aromatic nitrogens is 1. The third-order valence-electron chi connectivity index (χ3n) is 4.65. The Hall–Kier alpha value is -1.61. The SMILES string of the molecule is Cc1c(C(=O)C[NH+]2CCCCC2)c2ccccc2n1C. The van der Waals surface area contributed by atoms with E-state index in [1.807, 2.05) is 19.2 Å². The van der Waals surface area contributed by atoms with Crippen LogP contribution >= 0.6 is 0 Å². The van der Waals surface area contributed by atoms with Crippen LogP contribution in [0.2, 0.25) is 0 Å². The van der Waals surface area contributed by atoms with Crippen molar-refractivity contribution in [2.45, 2.75) is 26.2 Å². The van der Waals surface area contributed by atoms with Crippen LogP contribution in [0.4, 0.5) is 0 Å². The van der Waals surface area contributed by atoms with E-state index in [1.54, 1.807) is 0 Å². The lowest BCUT2D eigenvalue weighted by Gasteiger charge is -2.22. The summed E-state index contributed by atoms with van der Waals surface area (Å²) in [6, 6.07) is 8.21. The van der Waals surface area contributed by atoms with Crippen LogP contribution in [0.25, 0.3) is 10.9 Å². The van der Waals surface area contributed by atoms with E-state index in [1.165, 1.54) is 24.2 Å². The van der Waals surface area contributed by atoms with Crippen LogP contribution in [0.1, 0.15) is 35.3 Å². The molecule has 0 radical (unpaired) electrons. The second kappa shape index (κ2) is 5.41. The van der Waals surface area contributed by atoms with Gasteiger partial charge in [0.2, 0.25) is 5.78 Å². The molecule has 1 aliphatic heterocycles. The Labute approximate surface area is 120 Å². The first kappa shape index (κ1) is 13.4. The van der Waals surface area contributed by atoms with Crippen LogP contribution in [0.15, 0.2) is 24.3 Å². The van der Waals surface area contributed by atoms with E-state index in [9.17, 15) is 4.79 Å². The summed E-state index contributed by atoms with van der Waals surface area (Å²) in [5, 5.41) is 1.11. The summed E-state index contributed by atoms with van der Waals surface area (Å²) in [6.45, 7) is 5.00. The van der Waals surface area contributed by atoms with Crippen LogP contribution in [0.5, 0.6) is 0 Å². The van der Waals surface area contributed by atoms with Gasteiger partial charge in [-0.05, 0) is 32.3 Å². The third kappa shape index (κ3) is 2.27. The van der Waals surface area contributed by atoms with Crippen molar-refractivity contribution in [2.75, 3.05) is 19.6 Å². The van der Waals surface area contributed by atoms with Gasteiger partial charge in [-0.2, -0.15) is 0 Å². The number of rotatable bonds is 3. The molecular formula is C17H23N2O+. The minimum absolute atomic E-state index is 0.302. The van der Waals surface area contributed by atoms with Crippen molar-refractivity contribution in [1.82, 2.24) is 4.57 Å². The Bertz CT molecular complexity index is 636. The van der Waals surface area contributed by atoms with Crippen LogP contribution < -0.4 is 4.90 Å². The number of quaternary nitrogens is 1. The molecule has 3 heteroatoms. The predicted octanol–water partition coefficient (Wildman–Crippen LogP) is 1.74. The average Bonchev–Trinajstić information content (AvgIpc) is 2.72. The van der Waals surface area contributed by atoms with E-state index in [4.69, 9.17) is 0 Å². The van der Waals surface area contributed by atoms with Gasteiger partial charge in [-0.3, -0.25) is 4.79 Å².